The van der Waals surface area contributed by atoms with E-state index < -0.39 is 6.10 Å². The molecule has 1 unspecified atom stereocenters. The number of aliphatic hydroxyl groups is 1. The number of fused-ring (bicyclic) bond motifs is 1. The summed E-state index contributed by atoms with van der Waals surface area (Å²) < 4.78 is 5.85. The maximum atomic E-state index is 9.98. The van der Waals surface area contributed by atoms with E-state index in [9.17, 15) is 5.11 Å². The lowest BCUT2D eigenvalue weighted by atomic mass is 10.1. The molecule has 0 bridgehead atoms. The molecule has 3 nitrogen and oxygen atoms in total. The van der Waals surface area contributed by atoms with Gasteiger partial charge in [-0.15, -0.1) is 11.8 Å². The SMILES string of the molecule is CCSc1ccc(OCC(O)CNC(C)C)c2ccccc12. The van der Waals surface area contributed by atoms with Gasteiger partial charge in [-0.1, -0.05) is 45.0 Å². The molecule has 0 aliphatic heterocycles. The van der Waals surface area contributed by atoms with Gasteiger partial charge < -0.3 is 15.2 Å². The van der Waals surface area contributed by atoms with Gasteiger partial charge >= 0.3 is 0 Å². The number of hydrogen-bond donors (Lipinski definition) is 2. The molecule has 1 atom stereocenters. The monoisotopic (exact) mass is 319 g/mol. The fourth-order valence-corrected chi connectivity index (χ4v) is 3.08. The molecule has 4 heteroatoms. The van der Waals surface area contributed by atoms with Crippen molar-refractivity contribution in [3.8, 4) is 5.75 Å². The van der Waals surface area contributed by atoms with E-state index in [1.54, 1.807) is 0 Å². The number of nitrogens with one attached hydrogen (secondary N) is 1. The van der Waals surface area contributed by atoms with Crippen LogP contribution in [0.1, 0.15) is 20.8 Å². The third-order valence-corrected chi connectivity index (χ3v) is 4.29. The average molecular weight is 319 g/mol. The average Bonchev–Trinajstić information content (AvgIpc) is 2.52. The van der Waals surface area contributed by atoms with Gasteiger partial charge in [-0.3, -0.25) is 0 Å². The maximum Gasteiger partial charge on any atom is 0.127 e. The van der Waals surface area contributed by atoms with Crippen molar-refractivity contribution in [1.29, 1.82) is 0 Å². The molecular weight excluding hydrogens is 294 g/mol. The van der Waals surface area contributed by atoms with E-state index >= 15 is 0 Å². The highest BCUT2D eigenvalue weighted by molar-refractivity contribution is 7.99. The molecule has 22 heavy (non-hydrogen) atoms. The Kier molecular flexibility index (Phi) is 6.55. The summed E-state index contributed by atoms with van der Waals surface area (Å²) in [6, 6.07) is 12.7. The predicted octanol–water partition coefficient (Wildman–Crippen LogP) is 3.69. The zero-order valence-electron chi connectivity index (χ0n) is 13.5. The highest BCUT2D eigenvalue weighted by atomic mass is 32.2. The van der Waals surface area contributed by atoms with Crippen molar-refractivity contribution in [3.05, 3.63) is 36.4 Å². The van der Waals surface area contributed by atoms with Crippen molar-refractivity contribution < 1.29 is 9.84 Å². The summed E-state index contributed by atoms with van der Waals surface area (Å²) in [5, 5.41) is 15.5. The van der Waals surface area contributed by atoms with Crippen molar-refractivity contribution in [1.82, 2.24) is 5.32 Å². The van der Waals surface area contributed by atoms with Gasteiger partial charge in [0.25, 0.3) is 0 Å². The van der Waals surface area contributed by atoms with Crippen LogP contribution in [0.2, 0.25) is 0 Å². The fourth-order valence-electron chi connectivity index (χ4n) is 2.27. The number of benzene rings is 2. The Morgan fingerprint density at radius 2 is 1.86 bits per heavy atom. The second-order valence-electron chi connectivity index (χ2n) is 5.57. The molecule has 2 aromatic carbocycles. The second kappa shape index (κ2) is 8.42. The molecule has 0 aliphatic rings. The van der Waals surface area contributed by atoms with Crippen LogP contribution < -0.4 is 10.1 Å². The van der Waals surface area contributed by atoms with Crippen LogP contribution in [0.3, 0.4) is 0 Å². The lowest BCUT2D eigenvalue weighted by Gasteiger charge is -2.16. The van der Waals surface area contributed by atoms with Crippen molar-refractivity contribution >= 4 is 22.5 Å². The minimum Gasteiger partial charge on any atom is -0.490 e. The van der Waals surface area contributed by atoms with E-state index in [1.807, 2.05) is 30.0 Å². The molecule has 0 saturated heterocycles. The van der Waals surface area contributed by atoms with Crippen LogP contribution in [0.4, 0.5) is 0 Å². The molecule has 0 amide bonds. The molecule has 0 fully saturated rings. The smallest absolute Gasteiger partial charge is 0.127 e. The van der Waals surface area contributed by atoms with Gasteiger partial charge in [0.1, 0.15) is 18.5 Å². The largest absolute Gasteiger partial charge is 0.490 e. The lowest BCUT2D eigenvalue weighted by molar-refractivity contribution is 0.105. The lowest BCUT2D eigenvalue weighted by Crippen LogP contribution is -2.35. The van der Waals surface area contributed by atoms with E-state index in [-0.39, 0.29) is 0 Å². The number of ether oxygens (including phenoxy) is 1. The summed E-state index contributed by atoms with van der Waals surface area (Å²) in [6.07, 6.45) is -0.508. The van der Waals surface area contributed by atoms with Crippen molar-refractivity contribution in [3.63, 3.8) is 0 Å². The Bertz CT molecular complexity index is 601. The Hall–Kier alpha value is -1.23. The molecule has 0 aliphatic carbocycles. The van der Waals surface area contributed by atoms with Crippen LogP contribution in [-0.4, -0.2) is 36.2 Å². The molecule has 0 aromatic heterocycles. The van der Waals surface area contributed by atoms with E-state index in [2.05, 4.69) is 44.3 Å². The number of thioether (sulfide) groups is 1. The van der Waals surface area contributed by atoms with Gasteiger partial charge in [0.05, 0.1) is 0 Å². The molecule has 2 rings (SSSR count). The molecule has 2 aromatic rings. The van der Waals surface area contributed by atoms with Crippen LogP contribution in [0.25, 0.3) is 10.8 Å². The Balaban J connectivity index is 2.10. The highest BCUT2D eigenvalue weighted by Crippen LogP contribution is 2.33. The second-order valence-corrected chi connectivity index (χ2v) is 6.87. The molecule has 0 radical (unpaired) electrons. The van der Waals surface area contributed by atoms with Gasteiger partial charge in [-0.05, 0) is 23.3 Å². The summed E-state index contributed by atoms with van der Waals surface area (Å²) in [6.45, 7) is 7.11. The molecular formula is C18H25NO2S. The van der Waals surface area contributed by atoms with Gasteiger partial charge in [0.2, 0.25) is 0 Å². The first-order valence-corrected chi connectivity index (χ1v) is 8.79. The Labute approximate surface area is 137 Å². The quantitative estimate of drug-likeness (QED) is 0.728. The first-order chi connectivity index (χ1) is 10.6. The molecule has 2 N–H and O–H groups in total. The van der Waals surface area contributed by atoms with Gasteiger partial charge in [-0.25, -0.2) is 0 Å². The molecule has 0 heterocycles. The minimum absolute atomic E-state index is 0.296. The van der Waals surface area contributed by atoms with Crippen molar-refractivity contribution in [2.45, 2.75) is 37.8 Å². The van der Waals surface area contributed by atoms with Crippen LogP contribution in [-0.2, 0) is 0 Å². The summed E-state index contributed by atoms with van der Waals surface area (Å²) in [7, 11) is 0. The van der Waals surface area contributed by atoms with E-state index in [0.717, 1.165) is 16.9 Å². The minimum atomic E-state index is -0.508. The van der Waals surface area contributed by atoms with Crippen molar-refractivity contribution in [2.75, 3.05) is 18.9 Å². The fraction of sp³-hybridized carbons (Fsp3) is 0.444. The van der Waals surface area contributed by atoms with E-state index in [1.165, 1.54) is 10.3 Å². The number of rotatable bonds is 8. The number of aliphatic hydroxyl groups excluding tert-OH is 1. The first-order valence-electron chi connectivity index (χ1n) is 7.80. The van der Waals surface area contributed by atoms with Crippen molar-refractivity contribution in [2.24, 2.45) is 0 Å². The topological polar surface area (TPSA) is 41.5 Å². The Morgan fingerprint density at radius 3 is 2.55 bits per heavy atom. The zero-order valence-corrected chi connectivity index (χ0v) is 14.3. The van der Waals surface area contributed by atoms with E-state index in [4.69, 9.17) is 4.74 Å². The normalized spacial score (nSPS) is 12.8. The summed E-state index contributed by atoms with van der Waals surface area (Å²) in [5.41, 5.74) is 0. The molecule has 0 saturated carbocycles. The van der Waals surface area contributed by atoms with E-state index in [0.29, 0.717) is 19.2 Å². The predicted molar refractivity (Wildman–Crippen MR) is 95.0 cm³/mol. The van der Waals surface area contributed by atoms with Crippen LogP contribution in [0, 0.1) is 0 Å². The standard InChI is InChI=1S/C18H25NO2S/c1-4-22-18-10-9-17(15-7-5-6-8-16(15)18)21-12-14(20)11-19-13(2)3/h5-10,13-14,19-20H,4,11-12H2,1-3H3. The highest BCUT2D eigenvalue weighted by Gasteiger charge is 2.10. The van der Waals surface area contributed by atoms with Gasteiger partial charge in [0, 0.05) is 22.9 Å². The van der Waals surface area contributed by atoms with Crippen LogP contribution >= 0.6 is 11.8 Å². The number of hydrogen-bond acceptors (Lipinski definition) is 4. The summed E-state index contributed by atoms with van der Waals surface area (Å²) in [5.74, 6) is 1.88. The van der Waals surface area contributed by atoms with Gasteiger partial charge in [-0.2, -0.15) is 0 Å². The zero-order chi connectivity index (χ0) is 15.9. The maximum absolute atomic E-state index is 9.98. The third-order valence-electron chi connectivity index (χ3n) is 3.34. The summed E-state index contributed by atoms with van der Waals surface area (Å²) in [4.78, 5) is 1.27. The van der Waals surface area contributed by atoms with Crippen LogP contribution in [0.5, 0.6) is 5.75 Å². The summed E-state index contributed by atoms with van der Waals surface area (Å²) >= 11 is 1.83. The molecule has 0 spiro atoms. The van der Waals surface area contributed by atoms with Gasteiger partial charge in [0.15, 0.2) is 0 Å². The third kappa shape index (κ3) is 4.63. The Morgan fingerprint density at radius 1 is 1.14 bits per heavy atom. The first kappa shape index (κ1) is 17.1. The molecule has 120 valence electrons. The van der Waals surface area contributed by atoms with Crippen LogP contribution in [0.15, 0.2) is 41.3 Å².